The van der Waals surface area contributed by atoms with E-state index in [0.717, 1.165) is 6.42 Å². The van der Waals surface area contributed by atoms with Gasteiger partial charge in [-0.2, -0.15) is 0 Å². The molecule has 0 saturated heterocycles. The molecule has 0 unspecified atom stereocenters. The predicted molar refractivity (Wildman–Crippen MR) is 39.5 cm³/mol. The smallest absolute Gasteiger partial charge is 0.0837 e. The Labute approximate surface area is 65.1 Å². The van der Waals surface area contributed by atoms with Gasteiger partial charge in [0.2, 0.25) is 0 Å². The molecule has 49 valence electrons. The molecule has 0 aromatic heterocycles. The molecule has 0 bridgehead atoms. The van der Waals surface area contributed by atoms with E-state index in [9.17, 15) is 0 Å². The maximum Gasteiger partial charge on any atom is 0.190 e. The van der Waals surface area contributed by atoms with Crippen LogP contribution in [0.1, 0.15) is 19.8 Å². The van der Waals surface area contributed by atoms with Crippen molar-refractivity contribution in [1.82, 2.24) is 0 Å². The molecule has 3 heteroatoms. The van der Waals surface area contributed by atoms with E-state index >= 15 is 0 Å². The molecule has 0 aromatic carbocycles. The summed E-state index contributed by atoms with van der Waals surface area (Å²) in [4.78, 5) is 0. The van der Waals surface area contributed by atoms with E-state index in [1.54, 1.807) is 0 Å². The van der Waals surface area contributed by atoms with Gasteiger partial charge in [-0.15, -0.1) is 0 Å². The van der Waals surface area contributed by atoms with Gasteiger partial charge in [0.1, 0.15) is 0 Å². The Morgan fingerprint density at radius 1 is 1.38 bits per heavy atom. The molecule has 0 aromatic rings. The first-order valence-electron chi connectivity index (χ1n) is 2.41. The van der Waals surface area contributed by atoms with Crippen LogP contribution in [0.4, 0.5) is 0 Å². The molecule has 0 N–H and O–H groups in total. The van der Waals surface area contributed by atoms with Crippen molar-refractivity contribution in [3.8, 4) is 0 Å². The second-order valence-electron chi connectivity index (χ2n) is 1.56. The molecule has 0 fully saturated rings. The third kappa shape index (κ3) is 6.87. The van der Waals surface area contributed by atoms with Crippen molar-refractivity contribution in [2.75, 3.05) is 0 Å². The zero-order valence-corrected chi connectivity index (χ0v) is 6.89. The van der Waals surface area contributed by atoms with Gasteiger partial charge in [-0.3, -0.25) is 0 Å². The molecule has 0 amide bonds. The van der Waals surface area contributed by atoms with Gasteiger partial charge >= 0.3 is 0 Å². The fraction of sp³-hybridized carbons (Fsp3) is 0.800. The molecule has 0 heterocycles. The Morgan fingerprint density at radius 3 is 2.00 bits per heavy atom. The molecular weight excluding hydrogens is 166 g/mol. The topological polar surface area (TPSA) is 0 Å². The molecule has 0 spiro atoms. The monoisotopic (exact) mass is 173 g/mol. The van der Waals surface area contributed by atoms with Crippen molar-refractivity contribution in [3.63, 3.8) is 0 Å². The van der Waals surface area contributed by atoms with Gasteiger partial charge in [-0.05, 0) is 19.3 Å². The van der Waals surface area contributed by atoms with Gasteiger partial charge in [-0.1, -0.05) is 41.7 Å². The summed E-state index contributed by atoms with van der Waals surface area (Å²) in [7, 11) is 0. The first-order chi connectivity index (χ1) is 3.56. The summed E-state index contributed by atoms with van der Waals surface area (Å²) in [5.74, 6) is 0. The minimum Gasteiger partial charge on any atom is -0.0837 e. The first kappa shape index (κ1) is 8.87. The average molecular weight is 174 g/mol. The quantitative estimate of drug-likeness (QED) is 0.563. The maximum atomic E-state index is 5.42. The number of hydrogen-bond donors (Lipinski definition) is 0. The molecular formula is C5H8Cl3. The maximum absolute atomic E-state index is 5.42. The Balaban J connectivity index is 3.11. The minimum atomic E-state index is -1.06. The van der Waals surface area contributed by atoms with Crippen molar-refractivity contribution in [2.24, 2.45) is 0 Å². The van der Waals surface area contributed by atoms with Crippen LogP contribution in [-0.4, -0.2) is 3.79 Å². The van der Waals surface area contributed by atoms with Crippen LogP contribution < -0.4 is 0 Å². The van der Waals surface area contributed by atoms with Crippen LogP contribution in [0, 0.1) is 6.42 Å². The summed E-state index contributed by atoms with van der Waals surface area (Å²) in [6.45, 7) is 1.94. The molecule has 0 saturated carbocycles. The summed E-state index contributed by atoms with van der Waals surface area (Å²) in [6, 6.07) is 0. The Kier molecular flexibility index (Phi) is 4.23. The zero-order chi connectivity index (χ0) is 6.62. The second kappa shape index (κ2) is 3.81. The second-order valence-corrected chi connectivity index (χ2v) is 4.08. The van der Waals surface area contributed by atoms with E-state index in [1.165, 1.54) is 0 Å². The van der Waals surface area contributed by atoms with Crippen LogP contribution in [0.15, 0.2) is 0 Å². The Morgan fingerprint density at radius 2 is 1.88 bits per heavy atom. The van der Waals surface area contributed by atoms with E-state index < -0.39 is 3.79 Å². The summed E-state index contributed by atoms with van der Waals surface area (Å²) in [5, 5.41) is 0. The van der Waals surface area contributed by atoms with Crippen LogP contribution in [0.25, 0.3) is 0 Å². The first-order valence-corrected chi connectivity index (χ1v) is 3.54. The van der Waals surface area contributed by atoms with Crippen molar-refractivity contribution in [1.29, 1.82) is 0 Å². The van der Waals surface area contributed by atoms with Crippen LogP contribution in [0.5, 0.6) is 0 Å². The van der Waals surface area contributed by atoms with Crippen LogP contribution >= 0.6 is 34.8 Å². The third-order valence-electron chi connectivity index (χ3n) is 0.716. The number of halogens is 3. The molecule has 0 nitrogen and oxygen atoms in total. The number of unbranched alkanes of at least 4 members (excludes halogenated alkanes) is 1. The highest BCUT2D eigenvalue weighted by Crippen LogP contribution is 2.31. The Hall–Kier alpha value is 0.870. The minimum absolute atomic E-state index is 0.605. The predicted octanol–water partition coefficient (Wildman–Crippen LogP) is 3.36. The van der Waals surface area contributed by atoms with Crippen molar-refractivity contribution in [3.05, 3.63) is 6.42 Å². The standard InChI is InChI=1S/C5H8Cl3/c1-2-3-4-5(6,7)8/h2H,3-4H2,1H3. The van der Waals surface area contributed by atoms with Gasteiger partial charge in [0.25, 0.3) is 0 Å². The van der Waals surface area contributed by atoms with Crippen molar-refractivity contribution in [2.45, 2.75) is 23.6 Å². The van der Waals surface area contributed by atoms with Gasteiger partial charge in [0, 0.05) is 0 Å². The van der Waals surface area contributed by atoms with Crippen molar-refractivity contribution >= 4 is 34.8 Å². The highest BCUT2D eigenvalue weighted by atomic mass is 35.6. The lowest BCUT2D eigenvalue weighted by atomic mass is 10.3. The van der Waals surface area contributed by atoms with E-state index in [2.05, 4.69) is 0 Å². The molecule has 0 aliphatic carbocycles. The van der Waals surface area contributed by atoms with E-state index in [-0.39, 0.29) is 0 Å². The lowest BCUT2D eigenvalue weighted by molar-refractivity contribution is 0.836. The summed E-state index contributed by atoms with van der Waals surface area (Å²) < 4.78 is -1.06. The molecule has 0 rings (SSSR count). The van der Waals surface area contributed by atoms with Crippen LogP contribution in [0.2, 0.25) is 0 Å². The largest absolute Gasteiger partial charge is 0.190 e. The zero-order valence-electron chi connectivity index (χ0n) is 4.63. The normalized spacial score (nSPS) is 12.0. The summed E-state index contributed by atoms with van der Waals surface area (Å²) >= 11 is 16.3. The fourth-order valence-corrected chi connectivity index (χ4v) is 0.635. The number of rotatable bonds is 2. The summed E-state index contributed by atoms with van der Waals surface area (Å²) in [5.41, 5.74) is 0. The number of alkyl halides is 3. The highest BCUT2D eigenvalue weighted by molar-refractivity contribution is 6.67. The van der Waals surface area contributed by atoms with E-state index in [1.807, 2.05) is 13.3 Å². The highest BCUT2D eigenvalue weighted by Gasteiger charge is 2.17. The van der Waals surface area contributed by atoms with E-state index in [0.29, 0.717) is 6.42 Å². The van der Waals surface area contributed by atoms with Crippen LogP contribution in [0.3, 0.4) is 0 Å². The molecule has 0 atom stereocenters. The molecule has 8 heavy (non-hydrogen) atoms. The lowest BCUT2D eigenvalue weighted by Crippen LogP contribution is -2.00. The lowest BCUT2D eigenvalue weighted by Gasteiger charge is -2.07. The van der Waals surface area contributed by atoms with Crippen molar-refractivity contribution < 1.29 is 0 Å². The van der Waals surface area contributed by atoms with Gasteiger partial charge in [0.15, 0.2) is 3.79 Å². The van der Waals surface area contributed by atoms with Gasteiger partial charge in [0.05, 0.1) is 0 Å². The molecule has 1 radical (unpaired) electrons. The average Bonchev–Trinajstić information content (AvgIpc) is 1.59. The SMILES string of the molecule is C[CH]CCC(Cl)(Cl)Cl. The van der Waals surface area contributed by atoms with Gasteiger partial charge in [-0.25, -0.2) is 0 Å². The Bertz CT molecular complexity index is 55.2. The van der Waals surface area contributed by atoms with Gasteiger partial charge < -0.3 is 0 Å². The number of hydrogen-bond acceptors (Lipinski definition) is 0. The third-order valence-corrected chi connectivity index (χ3v) is 1.28. The fourth-order valence-electron chi connectivity index (χ4n) is 0.308. The van der Waals surface area contributed by atoms with Crippen LogP contribution in [-0.2, 0) is 0 Å². The molecule has 0 aliphatic rings. The summed E-state index contributed by atoms with van der Waals surface area (Å²) in [6.07, 6.45) is 3.44. The van der Waals surface area contributed by atoms with E-state index in [4.69, 9.17) is 34.8 Å². The molecule has 0 aliphatic heterocycles.